The van der Waals surface area contributed by atoms with E-state index in [1.54, 1.807) is 0 Å². The van der Waals surface area contributed by atoms with Crippen molar-refractivity contribution in [3.05, 3.63) is 46.9 Å². The van der Waals surface area contributed by atoms with Gasteiger partial charge in [-0.1, -0.05) is 18.2 Å². The molecule has 4 heterocycles. The Morgan fingerprint density at radius 2 is 2.07 bits per heavy atom. The normalized spacial score (nSPS) is 21.4. The highest BCUT2D eigenvalue weighted by molar-refractivity contribution is 5.78. The van der Waals surface area contributed by atoms with Gasteiger partial charge in [-0.2, -0.15) is 0 Å². The third kappa shape index (κ3) is 3.68. The number of piperidine rings is 1. The average Bonchev–Trinajstić information content (AvgIpc) is 3.03. The van der Waals surface area contributed by atoms with Crippen LogP contribution in [-0.4, -0.2) is 47.0 Å². The van der Waals surface area contributed by atoms with Crippen LogP contribution in [0, 0.1) is 12.8 Å². The van der Waals surface area contributed by atoms with E-state index in [1.165, 1.54) is 17.5 Å². The van der Waals surface area contributed by atoms with Crippen molar-refractivity contribution in [1.82, 2.24) is 14.9 Å². The first-order valence-corrected chi connectivity index (χ1v) is 10.8. The van der Waals surface area contributed by atoms with Gasteiger partial charge in [-0.15, -0.1) is 0 Å². The fraction of sp³-hybridized carbons (Fsp3) is 0.522. The number of fused-ring (bicyclic) bond motifs is 2. The highest BCUT2D eigenvalue weighted by atomic mass is 16.5. The molecule has 29 heavy (non-hydrogen) atoms. The Labute approximate surface area is 171 Å². The topological polar surface area (TPSA) is 58.6 Å². The lowest BCUT2D eigenvalue weighted by Gasteiger charge is -2.36. The monoisotopic (exact) mass is 392 g/mol. The Morgan fingerprint density at radius 1 is 1.17 bits per heavy atom. The van der Waals surface area contributed by atoms with Gasteiger partial charge in [0.25, 0.3) is 0 Å². The van der Waals surface area contributed by atoms with E-state index in [4.69, 9.17) is 14.7 Å². The van der Waals surface area contributed by atoms with Crippen LogP contribution in [0.15, 0.2) is 24.3 Å². The third-order valence-electron chi connectivity index (χ3n) is 6.36. The third-order valence-corrected chi connectivity index (χ3v) is 6.36. The zero-order valence-corrected chi connectivity index (χ0v) is 17.1. The van der Waals surface area contributed by atoms with E-state index in [0.29, 0.717) is 24.9 Å². The van der Waals surface area contributed by atoms with Gasteiger partial charge in [0.15, 0.2) is 0 Å². The minimum absolute atomic E-state index is 0.322. The summed E-state index contributed by atoms with van der Waals surface area (Å²) in [6.07, 6.45) is 4.84. The number of hydrogen-bond acceptors (Lipinski definition) is 5. The lowest BCUT2D eigenvalue weighted by Crippen LogP contribution is -2.42. The van der Waals surface area contributed by atoms with Crippen molar-refractivity contribution in [3.8, 4) is 5.75 Å². The van der Waals surface area contributed by atoms with Gasteiger partial charge in [0.2, 0.25) is 5.91 Å². The molecule has 5 rings (SSSR count). The lowest BCUT2D eigenvalue weighted by atomic mass is 9.96. The van der Waals surface area contributed by atoms with Crippen molar-refractivity contribution in [2.45, 2.75) is 45.6 Å². The molecule has 6 nitrogen and oxygen atoms in total. The molecule has 3 aliphatic heterocycles. The van der Waals surface area contributed by atoms with Gasteiger partial charge in [0.1, 0.15) is 24.0 Å². The second-order valence-electron chi connectivity index (χ2n) is 8.49. The Kier molecular flexibility index (Phi) is 4.86. The molecule has 0 N–H and O–H groups in total. The molecule has 1 aromatic carbocycles. The van der Waals surface area contributed by atoms with Crippen LogP contribution < -0.4 is 9.64 Å². The molecule has 0 aliphatic carbocycles. The fourth-order valence-electron chi connectivity index (χ4n) is 4.94. The first kappa shape index (κ1) is 18.4. The molecule has 2 fully saturated rings. The highest BCUT2D eigenvalue weighted by Gasteiger charge is 2.29. The summed E-state index contributed by atoms with van der Waals surface area (Å²) < 4.78 is 6.04. The predicted molar refractivity (Wildman–Crippen MR) is 111 cm³/mol. The number of likely N-dealkylation sites (tertiary alicyclic amines) is 1. The number of nitrogens with zero attached hydrogens (tertiary/aromatic N) is 4. The summed E-state index contributed by atoms with van der Waals surface area (Å²) in [4.78, 5) is 26.1. The number of anilines is 1. The van der Waals surface area contributed by atoms with Gasteiger partial charge in [-0.05, 0) is 43.7 Å². The van der Waals surface area contributed by atoms with E-state index in [1.807, 2.05) is 19.1 Å². The van der Waals surface area contributed by atoms with Crippen molar-refractivity contribution in [2.75, 3.05) is 31.1 Å². The first-order chi connectivity index (χ1) is 14.2. The van der Waals surface area contributed by atoms with Crippen LogP contribution in [-0.2, 0) is 17.8 Å². The standard InChI is InChI=1S/C23H28N4O2/c1-16-24-20-15-29-21-8-3-2-7-18(21)12-19(20)23(25-16)27-11-4-6-17(14-27)13-26-10-5-9-22(26)28/h2-3,7-8,17H,4-6,9-15H2,1H3/t17-/m0/s1. The molecular formula is C23H28N4O2. The maximum atomic E-state index is 12.1. The molecular weight excluding hydrogens is 364 g/mol. The number of aryl methyl sites for hydroxylation is 1. The summed E-state index contributed by atoms with van der Waals surface area (Å²) in [5.74, 6) is 3.63. The van der Waals surface area contributed by atoms with Crippen LogP contribution in [0.4, 0.5) is 5.82 Å². The summed E-state index contributed by atoms with van der Waals surface area (Å²) in [6.45, 7) is 6.22. The van der Waals surface area contributed by atoms with E-state index < -0.39 is 0 Å². The Hall–Kier alpha value is -2.63. The second kappa shape index (κ2) is 7.65. The van der Waals surface area contributed by atoms with E-state index in [9.17, 15) is 4.79 Å². The molecule has 1 aromatic heterocycles. The summed E-state index contributed by atoms with van der Waals surface area (Å²) in [7, 11) is 0. The van der Waals surface area contributed by atoms with Gasteiger partial charge in [0.05, 0.1) is 5.69 Å². The number of rotatable bonds is 3. The molecule has 2 saturated heterocycles. The van der Waals surface area contributed by atoms with E-state index >= 15 is 0 Å². The van der Waals surface area contributed by atoms with E-state index in [0.717, 1.165) is 68.5 Å². The van der Waals surface area contributed by atoms with Crippen molar-refractivity contribution in [3.63, 3.8) is 0 Å². The average molecular weight is 393 g/mol. The first-order valence-electron chi connectivity index (χ1n) is 10.8. The zero-order chi connectivity index (χ0) is 19.8. The van der Waals surface area contributed by atoms with Crippen molar-refractivity contribution in [2.24, 2.45) is 5.92 Å². The molecule has 0 unspecified atom stereocenters. The van der Waals surface area contributed by atoms with Crippen LogP contribution in [0.25, 0.3) is 0 Å². The van der Waals surface area contributed by atoms with Crippen LogP contribution in [0.5, 0.6) is 5.75 Å². The largest absolute Gasteiger partial charge is 0.487 e. The minimum Gasteiger partial charge on any atom is -0.487 e. The van der Waals surface area contributed by atoms with Crippen LogP contribution in [0.3, 0.4) is 0 Å². The number of para-hydroxylation sites is 1. The van der Waals surface area contributed by atoms with E-state index in [2.05, 4.69) is 21.9 Å². The maximum Gasteiger partial charge on any atom is 0.222 e. The molecule has 3 aliphatic rings. The Bertz CT molecular complexity index is 929. The van der Waals surface area contributed by atoms with Crippen LogP contribution in [0.2, 0.25) is 0 Å². The SMILES string of the molecule is Cc1nc2c(c(N3CCC[C@@H](CN4CCCC4=O)C3)n1)Cc1ccccc1OC2. The summed E-state index contributed by atoms with van der Waals surface area (Å²) in [5, 5.41) is 0. The minimum atomic E-state index is 0.322. The molecule has 2 aromatic rings. The smallest absolute Gasteiger partial charge is 0.222 e. The molecule has 152 valence electrons. The lowest BCUT2D eigenvalue weighted by molar-refractivity contribution is -0.128. The molecule has 0 spiro atoms. The second-order valence-corrected chi connectivity index (χ2v) is 8.49. The molecule has 0 bridgehead atoms. The van der Waals surface area contributed by atoms with Gasteiger partial charge < -0.3 is 14.5 Å². The van der Waals surface area contributed by atoms with Crippen molar-refractivity contribution in [1.29, 1.82) is 0 Å². The zero-order valence-electron chi connectivity index (χ0n) is 17.1. The Balaban J connectivity index is 1.42. The van der Waals surface area contributed by atoms with Crippen molar-refractivity contribution >= 4 is 11.7 Å². The number of hydrogen-bond donors (Lipinski definition) is 0. The predicted octanol–water partition coefficient (Wildman–Crippen LogP) is 3.11. The van der Waals surface area contributed by atoms with Crippen molar-refractivity contribution < 1.29 is 9.53 Å². The molecule has 1 atom stereocenters. The molecule has 0 radical (unpaired) electrons. The van der Waals surface area contributed by atoms with Gasteiger partial charge in [-0.25, -0.2) is 9.97 Å². The highest BCUT2D eigenvalue weighted by Crippen LogP contribution is 2.34. The number of carbonyl (C=O) groups excluding carboxylic acids is 1. The summed E-state index contributed by atoms with van der Waals surface area (Å²) in [6, 6.07) is 8.24. The van der Waals surface area contributed by atoms with Gasteiger partial charge in [-0.3, -0.25) is 4.79 Å². The summed E-state index contributed by atoms with van der Waals surface area (Å²) in [5.41, 5.74) is 3.38. The quantitative estimate of drug-likeness (QED) is 0.803. The van der Waals surface area contributed by atoms with Gasteiger partial charge >= 0.3 is 0 Å². The number of amides is 1. The Morgan fingerprint density at radius 3 is 2.93 bits per heavy atom. The molecule has 0 saturated carbocycles. The van der Waals surface area contributed by atoms with E-state index in [-0.39, 0.29) is 0 Å². The molecule has 6 heteroatoms. The summed E-state index contributed by atoms with van der Waals surface area (Å²) >= 11 is 0. The number of ether oxygens (including phenoxy) is 1. The number of carbonyl (C=O) groups is 1. The molecule has 1 amide bonds. The van der Waals surface area contributed by atoms with Gasteiger partial charge in [0, 0.05) is 44.6 Å². The maximum absolute atomic E-state index is 12.1. The fourth-order valence-corrected chi connectivity index (χ4v) is 4.94. The van der Waals surface area contributed by atoms with Crippen LogP contribution in [0.1, 0.15) is 48.3 Å². The number of aromatic nitrogens is 2. The number of benzene rings is 1. The van der Waals surface area contributed by atoms with Crippen LogP contribution >= 0.6 is 0 Å².